The highest BCUT2D eigenvalue weighted by Gasteiger charge is 2.30. The summed E-state index contributed by atoms with van der Waals surface area (Å²) in [5.74, 6) is -0.356. The van der Waals surface area contributed by atoms with Crippen LogP contribution in [0.2, 0.25) is 0 Å². The van der Waals surface area contributed by atoms with Crippen LogP contribution in [0.5, 0.6) is 0 Å². The van der Waals surface area contributed by atoms with Crippen molar-refractivity contribution in [2.75, 3.05) is 19.6 Å². The van der Waals surface area contributed by atoms with E-state index in [1.54, 1.807) is 19.1 Å². The van der Waals surface area contributed by atoms with E-state index in [0.29, 0.717) is 23.9 Å². The number of nitrogens with one attached hydrogen (secondary N) is 4. The summed E-state index contributed by atoms with van der Waals surface area (Å²) >= 11 is 6.36. The molecule has 256 valence electrons. The van der Waals surface area contributed by atoms with Crippen molar-refractivity contribution in [1.82, 2.24) is 26.2 Å². The van der Waals surface area contributed by atoms with Gasteiger partial charge in [-0.05, 0) is 101 Å². The van der Waals surface area contributed by atoms with Crippen molar-refractivity contribution in [3.63, 3.8) is 0 Å². The van der Waals surface area contributed by atoms with Crippen LogP contribution < -0.4 is 21.3 Å². The van der Waals surface area contributed by atoms with Crippen molar-refractivity contribution in [3.05, 3.63) is 58.7 Å². The third kappa shape index (κ3) is 12.8. The number of nitrogens with zero attached hydrogens (tertiary/aromatic N) is 1. The van der Waals surface area contributed by atoms with E-state index in [9.17, 15) is 14.4 Å². The quantitative estimate of drug-likeness (QED) is 0.162. The van der Waals surface area contributed by atoms with Gasteiger partial charge in [0.05, 0.1) is 0 Å². The molecule has 3 amide bonds. The first-order valence-electron chi connectivity index (χ1n) is 17.6. The summed E-state index contributed by atoms with van der Waals surface area (Å²) in [6.07, 6.45) is 14.8. The zero-order valence-corrected chi connectivity index (χ0v) is 29.5. The normalized spacial score (nSPS) is 22.4. The highest BCUT2D eigenvalue weighted by atomic mass is 35.5. The molecule has 0 aromatic heterocycles. The van der Waals surface area contributed by atoms with Crippen molar-refractivity contribution in [2.45, 2.75) is 123 Å². The van der Waals surface area contributed by atoms with Crippen LogP contribution in [-0.2, 0) is 16.1 Å². The van der Waals surface area contributed by atoms with Gasteiger partial charge in [0.2, 0.25) is 11.8 Å². The topological polar surface area (TPSA) is 103 Å². The summed E-state index contributed by atoms with van der Waals surface area (Å²) in [5.41, 5.74) is 1.61. The number of allylic oxidation sites excluding steroid dienone is 4. The van der Waals surface area contributed by atoms with Gasteiger partial charge in [-0.2, -0.15) is 0 Å². The molecule has 2 aliphatic rings. The molecule has 46 heavy (non-hydrogen) atoms. The molecule has 1 aliphatic heterocycles. The van der Waals surface area contributed by atoms with Crippen molar-refractivity contribution in [3.8, 4) is 0 Å². The Morgan fingerprint density at radius 2 is 1.72 bits per heavy atom. The predicted octanol–water partition coefficient (Wildman–Crippen LogP) is 6.06. The van der Waals surface area contributed by atoms with E-state index in [1.807, 2.05) is 44.2 Å². The first-order valence-corrected chi connectivity index (χ1v) is 18.0. The van der Waals surface area contributed by atoms with Gasteiger partial charge >= 0.3 is 0 Å². The number of benzene rings is 1. The standard InChI is InChI=1S/C37H58ClN5O3/c1-6-8-13-31(38)21-20-29-12-9-10-15-33(29)41-37(46)34(23-26(3)4)42-35(44)27(5)40-36(45)30-18-16-28(17-19-30)24-39-32-14-11-22-43(7-2)25-32/h8,13,16-19,21,26-27,29,32-34,39H,6-7,9-12,14-15,20,22-25H2,1-5H3,(H,40,45)(H,41,46)(H,42,44)/b13-8-,31-21+/t27?,29?,32?,33?,34-/m0/s1. The lowest BCUT2D eigenvalue weighted by molar-refractivity contribution is -0.130. The Kier molecular flexibility index (Phi) is 16.3. The molecule has 0 radical (unpaired) electrons. The highest BCUT2D eigenvalue weighted by molar-refractivity contribution is 6.31. The van der Waals surface area contributed by atoms with E-state index in [1.165, 1.54) is 19.4 Å². The monoisotopic (exact) mass is 655 g/mol. The second kappa shape index (κ2) is 19.9. The Labute approximate surface area is 282 Å². The van der Waals surface area contributed by atoms with Gasteiger partial charge in [0.25, 0.3) is 5.91 Å². The van der Waals surface area contributed by atoms with Crippen LogP contribution in [0.15, 0.2) is 47.5 Å². The number of piperidine rings is 1. The minimum Gasteiger partial charge on any atom is -0.351 e. The van der Waals surface area contributed by atoms with Gasteiger partial charge < -0.3 is 26.2 Å². The van der Waals surface area contributed by atoms with E-state index in [4.69, 9.17) is 11.6 Å². The molecule has 2 fully saturated rings. The predicted molar refractivity (Wildman–Crippen MR) is 189 cm³/mol. The van der Waals surface area contributed by atoms with Crippen molar-refractivity contribution >= 4 is 29.3 Å². The third-order valence-electron chi connectivity index (χ3n) is 9.21. The number of hydrogen-bond donors (Lipinski definition) is 4. The summed E-state index contributed by atoms with van der Waals surface area (Å²) in [7, 11) is 0. The Balaban J connectivity index is 1.52. The molecule has 0 bridgehead atoms. The fraction of sp³-hybridized carbons (Fsp3) is 0.649. The maximum absolute atomic E-state index is 13.5. The lowest BCUT2D eigenvalue weighted by atomic mass is 9.82. The first kappa shape index (κ1) is 37.8. The second-order valence-electron chi connectivity index (χ2n) is 13.5. The van der Waals surface area contributed by atoms with Crippen molar-refractivity contribution < 1.29 is 14.4 Å². The summed E-state index contributed by atoms with van der Waals surface area (Å²) in [6.45, 7) is 14.1. The summed E-state index contributed by atoms with van der Waals surface area (Å²) in [6, 6.07) is 6.56. The number of carbonyl (C=O) groups is 3. The molecule has 9 heteroatoms. The van der Waals surface area contributed by atoms with Gasteiger partial charge in [0.15, 0.2) is 0 Å². The molecule has 5 atom stereocenters. The van der Waals surface area contributed by atoms with Gasteiger partial charge in [0.1, 0.15) is 12.1 Å². The number of likely N-dealkylation sites (N-methyl/N-ethyl adjacent to an activating group) is 1. The van der Waals surface area contributed by atoms with Crippen molar-refractivity contribution in [2.24, 2.45) is 11.8 Å². The first-order chi connectivity index (χ1) is 22.1. The molecule has 1 saturated carbocycles. The average molecular weight is 656 g/mol. The Morgan fingerprint density at radius 1 is 0.978 bits per heavy atom. The molecule has 8 nitrogen and oxygen atoms in total. The van der Waals surface area contributed by atoms with Crippen LogP contribution in [0.3, 0.4) is 0 Å². The van der Waals surface area contributed by atoms with Crippen LogP contribution in [0.25, 0.3) is 0 Å². The molecule has 1 heterocycles. The SMILES string of the molecule is CC/C=C\C(Cl)=C/CC1CCCCC1NC(=O)[C@H](CC(C)C)NC(=O)C(C)NC(=O)c1ccc(CNC2CCCN(CC)C2)cc1. The molecular weight excluding hydrogens is 598 g/mol. The van der Waals surface area contributed by atoms with E-state index >= 15 is 0 Å². The molecule has 4 N–H and O–H groups in total. The Hall–Kier alpha value is -2.68. The smallest absolute Gasteiger partial charge is 0.251 e. The van der Waals surface area contributed by atoms with E-state index in [-0.39, 0.29) is 29.7 Å². The zero-order chi connectivity index (χ0) is 33.5. The molecule has 1 saturated heterocycles. The van der Waals surface area contributed by atoms with Crippen molar-refractivity contribution in [1.29, 1.82) is 0 Å². The molecule has 3 rings (SSSR count). The summed E-state index contributed by atoms with van der Waals surface area (Å²) < 4.78 is 0. The van der Waals surface area contributed by atoms with Gasteiger partial charge in [-0.15, -0.1) is 0 Å². The van der Waals surface area contributed by atoms with Gasteiger partial charge in [-0.25, -0.2) is 0 Å². The molecule has 4 unspecified atom stereocenters. The largest absolute Gasteiger partial charge is 0.351 e. The molecular formula is C37H58ClN5O3. The molecule has 1 aromatic rings. The average Bonchev–Trinajstić information content (AvgIpc) is 3.05. The maximum atomic E-state index is 13.5. The molecule has 1 aromatic carbocycles. The van der Waals surface area contributed by atoms with Crippen LogP contribution in [0.1, 0.15) is 108 Å². The molecule has 1 aliphatic carbocycles. The molecule has 0 spiro atoms. The number of halogens is 1. The van der Waals surface area contributed by atoms with E-state index in [0.717, 1.165) is 68.8 Å². The maximum Gasteiger partial charge on any atom is 0.251 e. The highest BCUT2D eigenvalue weighted by Crippen LogP contribution is 2.28. The fourth-order valence-electron chi connectivity index (χ4n) is 6.42. The van der Waals surface area contributed by atoms with Gasteiger partial charge in [-0.3, -0.25) is 14.4 Å². The third-order valence-corrected chi connectivity index (χ3v) is 9.49. The number of carbonyl (C=O) groups excluding carboxylic acids is 3. The summed E-state index contributed by atoms with van der Waals surface area (Å²) in [4.78, 5) is 42.2. The van der Waals surface area contributed by atoms with Gasteiger partial charge in [-0.1, -0.05) is 76.4 Å². The van der Waals surface area contributed by atoms with Crippen LogP contribution in [0.4, 0.5) is 0 Å². The minimum atomic E-state index is -0.796. The van der Waals surface area contributed by atoms with Gasteiger partial charge in [0, 0.05) is 35.8 Å². The fourth-order valence-corrected chi connectivity index (χ4v) is 6.59. The summed E-state index contributed by atoms with van der Waals surface area (Å²) in [5, 5.41) is 13.4. The lowest BCUT2D eigenvalue weighted by Gasteiger charge is -2.33. The minimum absolute atomic E-state index is 0.0349. The van der Waals surface area contributed by atoms with Crippen LogP contribution in [-0.4, -0.2) is 66.4 Å². The number of likely N-dealkylation sites (tertiary alicyclic amines) is 1. The lowest BCUT2D eigenvalue weighted by Crippen LogP contribution is -2.55. The van der Waals surface area contributed by atoms with E-state index in [2.05, 4.69) is 40.0 Å². The number of rotatable bonds is 16. The Bertz CT molecular complexity index is 1170. The Morgan fingerprint density at radius 3 is 2.41 bits per heavy atom. The van der Waals surface area contributed by atoms with Crippen LogP contribution >= 0.6 is 11.6 Å². The second-order valence-corrected chi connectivity index (χ2v) is 13.9. The number of hydrogen-bond acceptors (Lipinski definition) is 5. The van der Waals surface area contributed by atoms with Crippen LogP contribution in [0, 0.1) is 11.8 Å². The number of amides is 3. The zero-order valence-electron chi connectivity index (χ0n) is 28.7. The van der Waals surface area contributed by atoms with E-state index < -0.39 is 12.1 Å².